The van der Waals surface area contributed by atoms with Gasteiger partial charge < -0.3 is 15.5 Å². The van der Waals surface area contributed by atoms with Gasteiger partial charge in [-0.1, -0.05) is 37.5 Å². The van der Waals surface area contributed by atoms with Crippen molar-refractivity contribution in [2.45, 2.75) is 76.2 Å². The maximum atomic E-state index is 13.9. The van der Waals surface area contributed by atoms with Gasteiger partial charge in [0.2, 0.25) is 11.8 Å². The molecule has 0 spiro atoms. The van der Waals surface area contributed by atoms with Crippen molar-refractivity contribution in [3.63, 3.8) is 0 Å². The molecule has 1 saturated carbocycles. The average Bonchev–Trinajstić information content (AvgIpc) is 3.41. The number of alkyl halides is 3. The number of benzene rings is 1. The molecule has 3 atom stereocenters. The lowest BCUT2D eigenvalue weighted by atomic mass is 9.83. The molecule has 9 heteroatoms. The van der Waals surface area contributed by atoms with Crippen LogP contribution in [0.3, 0.4) is 0 Å². The lowest BCUT2D eigenvalue weighted by Crippen LogP contribution is -2.55. The first-order valence-corrected chi connectivity index (χ1v) is 13.1. The van der Waals surface area contributed by atoms with Gasteiger partial charge in [0.1, 0.15) is 6.04 Å². The smallest absolute Gasteiger partial charge is 0.343 e. The fourth-order valence-corrected chi connectivity index (χ4v) is 5.58. The van der Waals surface area contributed by atoms with Crippen molar-refractivity contribution < 1.29 is 22.8 Å². The number of nitrogens with one attached hydrogen (secondary N) is 2. The second kappa shape index (κ2) is 11.6. The number of hydrogen-bond donors (Lipinski definition) is 2. The normalized spacial score (nSPS) is 20.5. The van der Waals surface area contributed by atoms with Crippen LogP contribution in [-0.4, -0.2) is 47.4 Å². The number of nitrogens with zero attached hydrogens (tertiary/aromatic N) is 2. The van der Waals surface area contributed by atoms with E-state index in [9.17, 15) is 22.8 Å². The summed E-state index contributed by atoms with van der Waals surface area (Å²) in [5.74, 6) is -0.264. The molecule has 0 bridgehead atoms. The Morgan fingerprint density at radius 1 is 1.05 bits per heavy atom. The van der Waals surface area contributed by atoms with Crippen molar-refractivity contribution in [1.82, 2.24) is 20.5 Å². The zero-order valence-corrected chi connectivity index (χ0v) is 21.4. The predicted molar refractivity (Wildman–Crippen MR) is 135 cm³/mol. The van der Waals surface area contributed by atoms with Crippen LogP contribution in [0, 0.1) is 5.92 Å². The van der Waals surface area contributed by atoms with Crippen molar-refractivity contribution in [2.75, 3.05) is 13.6 Å². The summed E-state index contributed by atoms with van der Waals surface area (Å²) in [6.07, 6.45) is 4.99. The van der Waals surface area contributed by atoms with Crippen molar-refractivity contribution in [3.05, 3.63) is 53.9 Å². The molecule has 0 radical (unpaired) electrons. The quantitative estimate of drug-likeness (QED) is 0.537. The third-order valence-electron chi connectivity index (χ3n) is 7.73. The number of halogens is 3. The number of carbonyl (C=O) groups excluding carboxylic acids is 2. The first-order chi connectivity index (χ1) is 17.7. The number of likely N-dealkylation sites (tertiary alicyclic amines) is 1. The maximum Gasteiger partial charge on any atom is 0.417 e. The van der Waals surface area contributed by atoms with Crippen molar-refractivity contribution >= 4 is 11.8 Å². The van der Waals surface area contributed by atoms with E-state index in [4.69, 9.17) is 0 Å². The largest absolute Gasteiger partial charge is 0.417 e. The molecule has 1 aliphatic heterocycles. The summed E-state index contributed by atoms with van der Waals surface area (Å²) in [5, 5.41) is 5.94. The Bertz CT molecular complexity index is 1100. The highest BCUT2D eigenvalue weighted by Gasteiger charge is 2.39. The monoisotopic (exact) mass is 516 g/mol. The van der Waals surface area contributed by atoms with Gasteiger partial charge in [-0.05, 0) is 68.8 Å². The van der Waals surface area contributed by atoms with Gasteiger partial charge in [0.15, 0.2) is 0 Å². The molecular weight excluding hydrogens is 481 g/mol. The van der Waals surface area contributed by atoms with Crippen LogP contribution in [0.15, 0.2) is 42.7 Å². The highest BCUT2D eigenvalue weighted by atomic mass is 19.4. The summed E-state index contributed by atoms with van der Waals surface area (Å²) in [5.41, 5.74) is 0.419. The van der Waals surface area contributed by atoms with Crippen molar-refractivity contribution in [1.29, 1.82) is 0 Å². The van der Waals surface area contributed by atoms with E-state index >= 15 is 0 Å². The zero-order valence-electron chi connectivity index (χ0n) is 21.4. The highest BCUT2D eigenvalue weighted by molar-refractivity contribution is 5.90. The van der Waals surface area contributed by atoms with Crippen LogP contribution in [0.1, 0.15) is 69.0 Å². The molecule has 2 fully saturated rings. The number of likely N-dealkylation sites (N-methyl/N-ethyl adjacent to an activating group) is 1. The summed E-state index contributed by atoms with van der Waals surface area (Å²) in [7, 11) is 1.70. The summed E-state index contributed by atoms with van der Waals surface area (Å²) in [6.45, 7) is 2.29. The lowest BCUT2D eigenvalue weighted by molar-refractivity contribution is -0.139. The second-order valence-corrected chi connectivity index (χ2v) is 10.1. The summed E-state index contributed by atoms with van der Waals surface area (Å²) < 4.78 is 40.9. The maximum absolute atomic E-state index is 13.9. The van der Waals surface area contributed by atoms with Gasteiger partial charge in [0.05, 0.1) is 17.6 Å². The first kappa shape index (κ1) is 27.1. The third-order valence-corrected chi connectivity index (χ3v) is 7.73. The average molecular weight is 517 g/mol. The Kier molecular flexibility index (Phi) is 8.52. The molecule has 1 aromatic carbocycles. The Labute approximate surface area is 216 Å². The minimum atomic E-state index is -4.49. The molecular formula is C28H35F3N4O2. The van der Waals surface area contributed by atoms with E-state index in [1.165, 1.54) is 18.3 Å². The molecule has 2 amide bonds. The molecule has 2 heterocycles. The topological polar surface area (TPSA) is 74.3 Å². The van der Waals surface area contributed by atoms with Crippen LogP contribution in [0.4, 0.5) is 13.2 Å². The van der Waals surface area contributed by atoms with Gasteiger partial charge in [-0.15, -0.1) is 0 Å². The van der Waals surface area contributed by atoms with E-state index in [0.29, 0.717) is 24.1 Å². The van der Waals surface area contributed by atoms with Gasteiger partial charge in [0.25, 0.3) is 0 Å². The van der Waals surface area contributed by atoms with E-state index in [2.05, 4.69) is 15.6 Å². The van der Waals surface area contributed by atoms with Crippen molar-refractivity contribution in [2.24, 2.45) is 5.92 Å². The number of aromatic nitrogens is 1. The number of rotatable bonds is 7. The minimum absolute atomic E-state index is 0.0635. The molecule has 37 heavy (non-hydrogen) atoms. The molecule has 2 aliphatic rings. The van der Waals surface area contributed by atoms with E-state index in [1.54, 1.807) is 37.2 Å². The summed E-state index contributed by atoms with van der Waals surface area (Å²) in [6, 6.07) is 5.82. The van der Waals surface area contributed by atoms with Crippen LogP contribution in [0.25, 0.3) is 11.1 Å². The first-order valence-electron chi connectivity index (χ1n) is 13.1. The molecule has 4 rings (SSSR count). The molecule has 0 unspecified atom stereocenters. The molecule has 6 nitrogen and oxygen atoms in total. The molecule has 2 N–H and O–H groups in total. The Balaban J connectivity index is 1.62. The number of amides is 2. The van der Waals surface area contributed by atoms with Gasteiger partial charge in [-0.2, -0.15) is 13.2 Å². The Hall–Kier alpha value is -2.94. The second-order valence-electron chi connectivity index (χ2n) is 10.1. The fraction of sp³-hybridized carbons (Fsp3) is 0.536. The van der Waals surface area contributed by atoms with E-state index < -0.39 is 23.8 Å². The number of carbonyl (C=O) groups is 2. The molecule has 2 aromatic rings. The van der Waals surface area contributed by atoms with Crippen LogP contribution in [0.2, 0.25) is 0 Å². The molecule has 1 aromatic heterocycles. The van der Waals surface area contributed by atoms with Gasteiger partial charge in [0, 0.05) is 24.5 Å². The lowest BCUT2D eigenvalue weighted by Gasteiger charge is -2.35. The van der Waals surface area contributed by atoms with Crippen LogP contribution >= 0.6 is 0 Å². The van der Waals surface area contributed by atoms with Crippen molar-refractivity contribution in [3.8, 4) is 11.1 Å². The van der Waals surface area contributed by atoms with Crippen LogP contribution in [-0.2, 0) is 15.8 Å². The minimum Gasteiger partial charge on any atom is -0.343 e. The van der Waals surface area contributed by atoms with Gasteiger partial charge >= 0.3 is 6.18 Å². The molecule has 1 saturated heterocycles. The summed E-state index contributed by atoms with van der Waals surface area (Å²) >= 11 is 0. The van der Waals surface area contributed by atoms with E-state index in [0.717, 1.165) is 44.6 Å². The number of pyridine rings is 1. The standard InChI is InChI=1S/C28H35F3N4O2/c1-18(32-2)26(36)34-25(19-9-4-3-5-10-19)27(37)35-14-8-13-24(35)21-15-20(16-33-17-21)22-11-6-7-12-23(22)28(29,30)31/h6-7,11-12,15-19,24-25,32H,3-5,8-10,13-14H2,1-2H3,(H,34,36)/t18-,24-,25-/m0/s1. The highest BCUT2D eigenvalue weighted by Crippen LogP contribution is 2.39. The SMILES string of the molecule is CN[C@@H](C)C(=O)N[C@H](C(=O)N1CCC[C@H]1c1cncc(-c2ccccc2C(F)(F)F)c1)C1CCCCC1. The van der Waals surface area contributed by atoms with Gasteiger partial charge in [-0.3, -0.25) is 14.6 Å². The van der Waals surface area contributed by atoms with E-state index in [-0.39, 0.29) is 29.3 Å². The zero-order chi connectivity index (χ0) is 26.6. The summed E-state index contributed by atoms with van der Waals surface area (Å²) in [4.78, 5) is 32.8. The Morgan fingerprint density at radius 3 is 2.49 bits per heavy atom. The third kappa shape index (κ3) is 6.14. The van der Waals surface area contributed by atoms with Crippen LogP contribution < -0.4 is 10.6 Å². The fourth-order valence-electron chi connectivity index (χ4n) is 5.58. The Morgan fingerprint density at radius 2 is 1.78 bits per heavy atom. The molecule has 200 valence electrons. The van der Waals surface area contributed by atoms with E-state index in [1.807, 2.05) is 0 Å². The van der Waals surface area contributed by atoms with Crippen LogP contribution in [0.5, 0.6) is 0 Å². The number of hydrogen-bond acceptors (Lipinski definition) is 4. The predicted octanol–water partition coefficient (Wildman–Crippen LogP) is 5.10. The van der Waals surface area contributed by atoms with Gasteiger partial charge in [-0.25, -0.2) is 0 Å². The molecule has 1 aliphatic carbocycles.